The highest BCUT2D eigenvalue weighted by atomic mass is 19.1. The lowest BCUT2D eigenvalue weighted by molar-refractivity contribution is 0.102. The molecule has 4 nitrogen and oxygen atoms in total. The van der Waals surface area contributed by atoms with Crippen LogP contribution in [-0.2, 0) is 0 Å². The summed E-state index contributed by atoms with van der Waals surface area (Å²) in [5, 5.41) is 2.63. The first kappa shape index (κ1) is 13.0. The second-order valence-electron chi connectivity index (χ2n) is 3.97. The molecule has 5 heteroatoms. The van der Waals surface area contributed by atoms with Crippen LogP contribution in [0.2, 0.25) is 0 Å². The summed E-state index contributed by atoms with van der Waals surface area (Å²) in [5.41, 5.74) is 1.05. The van der Waals surface area contributed by atoms with Gasteiger partial charge in [-0.15, -0.1) is 0 Å². The molecule has 0 spiro atoms. The van der Waals surface area contributed by atoms with Crippen LogP contribution >= 0.6 is 0 Å². The van der Waals surface area contributed by atoms with Gasteiger partial charge in [-0.05, 0) is 36.8 Å². The van der Waals surface area contributed by atoms with Crippen molar-refractivity contribution in [3.05, 3.63) is 53.5 Å². The molecule has 1 amide bonds. The number of benzene rings is 1. The molecule has 1 heterocycles. The molecule has 1 N–H and O–H groups in total. The molecule has 0 saturated carbocycles. The van der Waals surface area contributed by atoms with Crippen molar-refractivity contribution >= 4 is 11.7 Å². The quantitative estimate of drug-likeness (QED) is 0.923. The fourth-order valence-electron chi connectivity index (χ4n) is 1.60. The van der Waals surface area contributed by atoms with Crippen LogP contribution in [0.25, 0.3) is 0 Å². The number of amides is 1. The average Bonchev–Trinajstić information content (AvgIpc) is 2.41. The Morgan fingerprint density at radius 3 is 2.79 bits per heavy atom. The van der Waals surface area contributed by atoms with Gasteiger partial charge < -0.3 is 10.1 Å². The largest absolute Gasteiger partial charge is 0.494 e. The van der Waals surface area contributed by atoms with Crippen LogP contribution in [0.3, 0.4) is 0 Å². The topological polar surface area (TPSA) is 51.2 Å². The van der Waals surface area contributed by atoms with E-state index >= 15 is 0 Å². The van der Waals surface area contributed by atoms with Crippen molar-refractivity contribution in [3.63, 3.8) is 0 Å². The highest BCUT2D eigenvalue weighted by Crippen LogP contribution is 2.18. The third kappa shape index (κ3) is 2.88. The molecular weight excluding hydrogens is 247 g/mol. The number of hydrogen-bond acceptors (Lipinski definition) is 3. The molecule has 0 aliphatic rings. The van der Waals surface area contributed by atoms with E-state index in [1.165, 1.54) is 19.2 Å². The maximum absolute atomic E-state index is 13.5. The van der Waals surface area contributed by atoms with E-state index in [0.29, 0.717) is 5.82 Å². The zero-order valence-corrected chi connectivity index (χ0v) is 10.6. The highest BCUT2D eigenvalue weighted by Gasteiger charge is 2.11. The molecule has 0 radical (unpaired) electrons. The minimum Gasteiger partial charge on any atom is -0.494 e. The molecule has 0 unspecified atom stereocenters. The lowest BCUT2D eigenvalue weighted by Crippen LogP contribution is -2.14. The molecule has 0 aliphatic heterocycles. The van der Waals surface area contributed by atoms with Crippen molar-refractivity contribution in [3.8, 4) is 5.75 Å². The Balaban J connectivity index is 2.21. The molecule has 1 aromatic heterocycles. The zero-order chi connectivity index (χ0) is 13.8. The first-order chi connectivity index (χ1) is 9.11. The van der Waals surface area contributed by atoms with Crippen LogP contribution in [0.5, 0.6) is 5.75 Å². The van der Waals surface area contributed by atoms with Crippen LogP contribution in [0.4, 0.5) is 10.2 Å². The van der Waals surface area contributed by atoms with E-state index < -0.39 is 11.7 Å². The molecule has 0 fully saturated rings. The molecule has 98 valence electrons. The Bertz CT molecular complexity index is 614. The predicted molar refractivity (Wildman–Crippen MR) is 69.9 cm³/mol. The van der Waals surface area contributed by atoms with Gasteiger partial charge in [0.25, 0.3) is 5.91 Å². The summed E-state index contributed by atoms with van der Waals surface area (Å²) < 4.78 is 18.3. The van der Waals surface area contributed by atoms with E-state index in [4.69, 9.17) is 4.74 Å². The van der Waals surface area contributed by atoms with E-state index in [1.807, 2.05) is 13.0 Å². The van der Waals surface area contributed by atoms with Gasteiger partial charge in [-0.3, -0.25) is 4.79 Å². The van der Waals surface area contributed by atoms with Crippen LogP contribution in [0, 0.1) is 12.7 Å². The number of carbonyl (C=O) groups is 1. The number of rotatable bonds is 3. The van der Waals surface area contributed by atoms with E-state index in [9.17, 15) is 9.18 Å². The minimum atomic E-state index is -0.576. The number of hydrogen-bond donors (Lipinski definition) is 1. The number of methoxy groups -OCH3 is 1. The Hall–Kier alpha value is -2.43. The fraction of sp³-hybridized carbons (Fsp3) is 0.143. The van der Waals surface area contributed by atoms with Gasteiger partial charge >= 0.3 is 0 Å². The molecule has 0 bridgehead atoms. The summed E-state index contributed by atoms with van der Waals surface area (Å²) in [4.78, 5) is 16.0. The van der Waals surface area contributed by atoms with Crippen molar-refractivity contribution < 1.29 is 13.9 Å². The smallest absolute Gasteiger partial charge is 0.256 e. The van der Waals surface area contributed by atoms with Gasteiger partial charge in [0.15, 0.2) is 11.6 Å². The third-order valence-corrected chi connectivity index (χ3v) is 2.66. The van der Waals surface area contributed by atoms with Crippen LogP contribution in [0.15, 0.2) is 36.5 Å². The van der Waals surface area contributed by atoms with Crippen molar-refractivity contribution in [1.82, 2.24) is 4.98 Å². The lowest BCUT2D eigenvalue weighted by Gasteiger charge is -2.08. The Morgan fingerprint density at radius 2 is 2.16 bits per heavy atom. The summed E-state index contributed by atoms with van der Waals surface area (Å²) in [7, 11) is 1.37. The van der Waals surface area contributed by atoms with Crippen molar-refractivity contribution in [2.24, 2.45) is 0 Å². The summed E-state index contributed by atoms with van der Waals surface area (Å²) >= 11 is 0. The molecule has 0 saturated heterocycles. The van der Waals surface area contributed by atoms with Crippen molar-refractivity contribution in [2.45, 2.75) is 6.92 Å². The van der Waals surface area contributed by atoms with Crippen LogP contribution in [0.1, 0.15) is 15.9 Å². The molecule has 0 aliphatic carbocycles. The number of halogens is 1. The number of pyridine rings is 1. The lowest BCUT2D eigenvalue weighted by atomic mass is 10.2. The van der Waals surface area contributed by atoms with Crippen molar-refractivity contribution in [1.29, 1.82) is 0 Å². The summed E-state index contributed by atoms with van der Waals surface area (Å²) in [6.45, 7) is 1.83. The number of anilines is 1. The highest BCUT2D eigenvalue weighted by molar-refractivity contribution is 6.04. The van der Waals surface area contributed by atoms with Gasteiger partial charge in [-0.25, -0.2) is 9.37 Å². The molecule has 2 aromatic rings. The first-order valence-corrected chi connectivity index (χ1v) is 5.68. The standard InChI is InChI=1S/C14H13FN2O2/c1-9-4-3-7-16-13(9)17-14(18)10-5-6-12(19-2)11(15)8-10/h3-8H,1-2H3,(H,16,17,18). The van der Waals surface area contributed by atoms with E-state index in [0.717, 1.165) is 11.6 Å². The summed E-state index contributed by atoms with van der Waals surface area (Å²) in [5.74, 6) is -0.425. The summed E-state index contributed by atoms with van der Waals surface area (Å²) in [6.07, 6.45) is 1.58. The fourth-order valence-corrected chi connectivity index (χ4v) is 1.60. The van der Waals surface area contributed by atoms with Gasteiger partial charge in [-0.1, -0.05) is 6.07 Å². The van der Waals surface area contributed by atoms with Crippen molar-refractivity contribution in [2.75, 3.05) is 12.4 Å². The Kier molecular flexibility index (Phi) is 3.75. The number of aromatic nitrogens is 1. The van der Waals surface area contributed by atoms with E-state index in [-0.39, 0.29) is 11.3 Å². The monoisotopic (exact) mass is 260 g/mol. The molecule has 1 aromatic carbocycles. The van der Waals surface area contributed by atoms with Crippen LogP contribution < -0.4 is 10.1 Å². The number of aryl methyl sites for hydroxylation is 1. The van der Waals surface area contributed by atoms with E-state index in [2.05, 4.69) is 10.3 Å². The SMILES string of the molecule is COc1ccc(C(=O)Nc2ncccc2C)cc1F. The maximum atomic E-state index is 13.5. The van der Waals surface area contributed by atoms with E-state index in [1.54, 1.807) is 12.3 Å². The predicted octanol–water partition coefficient (Wildman–Crippen LogP) is 2.79. The summed E-state index contributed by atoms with van der Waals surface area (Å²) in [6, 6.07) is 7.65. The third-order valence-electron chi connectivity index (χ3n) is 2.66. The Morgan fingerprint density at radius 1 is 1.37 bits per heavy atom. The first-order valence-electron chi connectivity index (χ1n) is 5.68. The average molecular weight is 260 g/mol. The minimum absolute atomic E-state index is 0.102. The normalized spacial score (nSPS) is 10.1. The molecular formula is C14H13FN2O2. The molecule has 2 rings (SSSR count). The molecule has 0 atom stereocenters. The second-order valence-corrected chi connectivity index (χ2v) is 3.97. The number of nitrogens with one attached hydrogen (secondary N) is 1. The zero-order valence-electron chi connectivity index (χ0n) is 10.6. The van der Waals surface area contributed by atoms with Gasteiger partial charge in [0.2, 0.25) is 0 Å². The van der Waals surface area contributed by atoms with Gasteiger partial charge in [0, 0.05) is 11.8 Å². The second kappa shape index (κ2) is 5.48. The van der Waals surface area contributed by atoms with Crippen LogP contribution in [-0.4, -0.2) is 18.0 Å². The van der Waals surface area contributed by atoms with Gasteiger partial charge in [-0.2, -0.15) is 0 Å². The molecule has 19 heavy (non-hydrogen) atoms. The number of ether oxygens (including phenoxy) is 1. The Labute approximate surface area is 110 Å². The number of nitrogens with zero attached hydrogens (tertiary/aromatic N) is 1. The number of carbonyl (C=O) groups excluding carboxylic acids is 1. The van der Waals surface area contributed by atoms with Gasteiger partial charge in [0.1, 0.15) is 5.82 Å². The maximum Gasteiger partial charge on any atom is 0.256 e. The van der Waals surface area contributed by atoms with Gasteiger partial charge in [0.05, 0.1) is 7.11 Å².